The number of primary sulfonamides is 1. The lowest BCUT2D eigenvalue weighted by molar-refractivity contribution is -0.192. The molecule has 0 aliphatic rings. The SMILES string of the molecule is CC.NS(=O)(=O)c1ccccc1C#CC(CC(=O)O)NS(=O)(=O)c1cccc(OCCCCNc2ccccn2)c1.O=C(O)C(F)(F)F. The number of alkyl halides is 3. The number of carbonyl (C=O) groups is 2. The lowest BCUT2D eigenvalue weighted by Crippen LogP contribution is -2.35. The van der Waals surface area contributed by atoms with Crippen molar-refractivity contribution < 1.29 is 54.5 Å². The molecule has 1 aromatic heterocycles. The van der Waals surface area contributed by atoms with Crippen LogP contribution in [-0.4, -0.2) is 69.3 Å². The molecule has 13 nitrogen and oxygen atoms in total. The van der Waals surface area contributed by atoms with Crippen molar-refractivity contribution in [2.24, 2.45) is 5.14 Å². The molecule has 0 spiro atoms. The number of carboxylic acids is 2. The molecule has 18 heteroatoms. The molecule has 0 fully saturated rings. The standard InChI is InChI=1S/C26H28N4O7S2.C2HF3O2.C2H6/c27-38(33,34)24-11-2-1-8-20(24)13-14-21(18-26(31)32)30-39(35,36)23-10-7-9-22(19-23)37-17-6-5-16-29-25-12-3-4-15-28-25;3-2(4,5)1(6)7;1-2/h1-4,7-12,15,19,21,30H,5-6,16-18H2,(H,28,29)(H,31,32)(H2,27,33,34);(H,6,7);1-2H3. The number of ether oxygens (including phenoxy) is 1. The number of aromatic nitrogens is 1. The highest BCUT2D eigenvalue weighted by Gasteiger charge is 2.38. The first-order valence-corrected chi connectivity index (χ1v) is 17.1. The van der Waals surface area contributed by atoms with E-state index in [1.807, 2.05) is 32.0 Å². The van der Waals surface area contributed by atoms with Crippen LogP contribution in [0.4, 0.5) is 19.0 Å². The quantitative estimate of drug-likeness (QED) is 0.127. The number of hydrogen-bond acceptors (Lipinski definition) is 9. The number of anilines is 1. The van der Waals surface area contributed by atoms with Crippen LogP contribution in [0.25, 0.3) is 0 Å². The average molecular weight is 717 g/mol. The highest BCUT2D eigenvalue weighted by Crippen LogP contribution is 2.19. The molecular weight excluding hydrogens is 681 g/mol. The Morgan fingerprint density at radius 3 is 2.21 bits per heavy atom. The summed E-state index contributed by atoms with van der Waals surface area (Å²) in [6.07, 6.45) is -2.52. The first-order chi connectivity index (χ1) is 22.5. The second-order valence-corrected chi connectivity index (χ2v) is 12.3. The molecule has 1 unspecified atom stereocenters. The molecule has 1 atom stereocenters. The Morgan fingerprint density at radius 1 is 0.979 bits per heavy atom. The van der Waals surface area contributed by atoms with Crippen molar-refractivity contribution in [1.29, 1.82) is 0 Å². The van der Waals surface area contributed by atoms with E-state index in [1.165, 1.54) is 42.5 Å². The number of halogens is 3. The van der Waals surface area contributed by atoms with Gasteiger partial charge in [0, 0.05) is 24.4 Å². The minimum Gasteiger partial charge on any atom is -0.494 e. The molecule has 0 saturated heterocycles. The minimum atomic E-state index is -5.08. The number of nitrogens with zero attached hydrogens (tertiary/aromatic N) is 1. The van der Waals surface area contributed by atoms with Crippen molar-refractivity contribution in [2.45, 2.75) is 55.1 Å². The lowest BCUT2D eigenvalue weighted by Gasteiger charge is -2.13. The third-order valence-electron chi connectivity index (χ3n) is 5.42. The van der Waals surface area contributed by atoms with Gasteiger partial charge in [-0.2, -0.15) is 17.9 Å². The summed E-state index contributed by atoms with van der Waals surface area (Å²) in [5.41, 5.74) is 0.0141. The number of aliphatic carboxylic acids is 2. The minimum absolute atomic E-state index is 0.0141. The fourth-order valence-electron chi connectivity index (χ4n) is 3.37. The Kier molecular flexibility index (Phi) is 17.1. The van der Waals surface area contributed by atoms with Crippen LogP contribution >= 0.6 is 0 Å². The summed E-state index contributed by atoms with van der Waals surface area (Å²) in [6, 6.07) is 15.6. The number of unbranched alkanes of at least 4 members (excludes halogenated alkanes) is 1. The van der Waals surface area contributed by atoms with Crippen molar-refractivity contribution in [3.05, 3.63) is 78.5 Å². The van der Waals surface area contributed by atoms with E-state index in [0.29, 0.717) is 25.3 Å². The number of nitrogens with two attached hydrogens (primary N) is 1. The molecule has 6 N–H and O–H groups in total. The highest BCUT2D eigenvalue weighted by molar-refractivity contribution is 7.89. The third-order valence-corrected chi connectivity index (χ3v) is 7.86. The molecule has 3 aromatic rings. The number of rotatable bonds is 13. The topological polar surface area (TPSA) is 215 Å². The molecule has 0 bridgehead atoms. The van der Waals surface area contributed by atoms with E-state index in [-0.39, 0.29) is 15.4 Å². The van der Waals surface area contributed by atoms with Crippen LogP contribution in [0.3, 0.4) is 0 Å². The number of carboxylic acid groups (broad SMARTS) is 2. The van der Waals surface area contributed by atoms with Crippen LogP contribution in [0.2, 0.25) is 0 Å². The Hall–Kier alpha value is -4.70. The van der Waals surface area contributed by atoms with E-state index in [2.05, 4.69) is 26.9 Å². The maximum Gasteiger partial charge on any atom is 0.490 e. The maximum atomic E-state index is 13.0. The summed E-state index contributed by atoms with van der Waals surface area (Å²) < 4.78 is 89.3. The summed E-state index contributed by atoms with van der Waals surface area (Å²) >= 11 is 0. The van der Waals surface area contributed by atoms with Crippen LogP contribution in [0.15, 0.2) is 82.7 Å². The van der Waals surface area contributed by atoms with Crippen LogP contribution in [-0.2, 0) is 29.6 Å². The summed E-state index contributed by atoms with van der Waals surface area (Å²) in [6.45, 7) is 5.06. The summed E-state index contributed by atoms with van der Waals surface area (Å²) in [4.78, 5) is 24.0. The van der Waals surface area contributed by atoms with Crippen LogP contribution in [0, 0.1) is 11.8 Å². The van der Waals surface area contributed by atoms with Crippen molar-refractivity contribution in [2.75, 3.05) is 18.5 Å². The van der Waals surface area contributed by atoms with Gasteiger partial charge in [-0.1, -0.05) is 50.0 Å². The van der Waals surface area contributed by atoms with Gasteiger partial charge in [0.2, 0.25) is 20.0 Å². The monoisotopic (exact) mass is 716 g/mol. The van der Waals surface area contributed by atoms with Crippen LogP contribution < -0.4 is 19.9 Å². The number of pyridine rings is 1. The Morgan fingerprint density at radius 2 is 1.62 bits per heavy atom. The zero-order chi connectivity index (χ0) is 36.4. The molecule has 262 valence electrons. The van der Waals surface area contributed by atoms with E-state index >= 15 is 0 Å². The van der Waals surface area contributed by atoms with E-state index in [0.717, 1.165) is 12.2 Å². The Bertz CT molecular complexity index is 1760. The average Bonchev–Trinajstić information content (AvgIpc) is 3.02. The van der Waals surface area contributed by atoms with E-state index in [1.54, 1.807) is 12.3 Å². The summed E-state index contributed by atoms with van der Waals surface area (Å²) in [5, 5.41) is 24.8. The molecule has 1 heterocycles. The molecule has 0 amide bonds. The molecule has 2 aromatic carbocycles. The molecule has 0 radical (unpaired) electrons. The van der Waals surface area contributed by atoms with Gasteiger partial charge in [-0.3, -0.25) is 4.79 Å². The summed E-state index contributed by atoms with van der Waals surface area (Å²) in [5.74, 6) is 2.09. The molecule has 48 heavy (non-hydrogen) atoms. The molecular formula is C30H35F3N4O9S2. The molecule has 0 aliphatic carbocycles. The molecule has 0 aliphatic heterocycles. The zero-order valence-electron chi connectivity index (χ0n) is 25.8. The smallest absolute Gasteiger partial charge is 0.490 e. The van der Waals surface area contributed by atoms with E-state index in [4.69, 9.17) is 19.8 Å². The van der Waals surface area contributed by atoms with Gasteiger partial charge in [0.05, 0.1) is 28.9 Å². The number of hydrogen-bond donors (Lipinski definition) is 5. The van der Waals surface area contributed by atoms with E-state index < -0.39 is 50.6 Å². The van der Waals surface area contributed by atoms with Gasteiger partial charge in [0.25, 0.3) is 0 Å². The van der Waals surface area contributed by atoms with Crippen molar-refractivity contribution >= 4 is 37.8 Å². The fraction of sp³-hybridized carbons (Fsp3) is 0.300. The van der Waals surface area contributed by atoms with Gasteiger partial charge < -0.3 is 20.3 Å². The second kappa shape index (κ2) is 19.8. The van der Waals surface area contributed by atoms with Gasteiger partial charge >= 0.3 is 18.1 Å². The van der Waals surface area contributed by atoms with E-state index in [9.17, 15) is 39.9 Å². The number of benzene rings is 2. The normalized spacial score (nSPS) is 11.6. The van der Waals surface area contributed by atoms with Gasteiger partial charge in [-0.15, -0.1) is 0 Å². The van der Waals surface area contributed by atoms with Crippen LogP contribution in [0.1, 0.15) is 38.7 Å². The third kappa shape index (κ3) is 15.7. The molecule has 0 saturated carbocycles. The summed E-state index contributed by atoms with van der Waals surface area (Å²) in [7, 11) is -8.29. The van der Waals surface area contributed by atoms with Gasteiger partial charge in [-0.25, -0.2) is 31.8 Å². The maximum absolute atomic E-state index is 13.0. The van der Waals surface area contributed by atoms with Gasteiger partial charge in [0.1, 0.15) is 11.6 Å². The predicted octanol–water partition coefficient (Wildman–Crippen LogP) is 3.83. The first kappa shape index (κ1) is 41.3. The number of sulfonamides is 2. The fourth-order valence-corrected chi connectivity index (χ4v) is 5.24. The largest absolute Gasteiger partial charge is 0.494 e. The van der Waals surface area contributed by atoms with Crippen molar-refractivity contribution in [3.63, 3.8) is 0 Å². The number of nitrogens with one attached hydrogen (secondary N) is 2. The van der Waals surface area contributed by atoms with Crippen molar-refractivity contribution in [1.82, 2.24) is 9.71 Å². The van der Waals surface area contributed by atoms with Gasteiger partial charge in [0.15, 0.2) is 0 Å². The highest BCUT2D eigenvalue weighted by atomic mass is 32.2. The Labute approximate surface area is 276 Å². The predicted molar refractivity (Wildman–Crippen MR) is 170 cm³/mol. The first-order valence-electron chi connectivity index (χ1n) is 14.0. The van der Waals surface area contributed by atoms with Crippen LogP contribution in [0.5, 0.6) is 5.75 Å². The molecule has 3 rings (SSSR count). The second-order valence-electron chi connectivity index (χ2n) is 9.06. The Balaban J connectivity index is 0.00000113. The van der Waals surface area contributed by atoms with Crippen molar-refractivity contribution in [3.8, 4) is 17.6 Å². The zero-order valence-corrected chi connectivity index (χ0v) is 27.4. The lowest BCUT2D eigenvalue weighted by atomic mass is 10.2. The van der Waals surface area contributed by atoms with Gasteiger partial charge in [-0.05, 0) is 49.2 Å².